The van der Waals surface area contributed by atoms with Crippen molar-refractivity contribution in [2.45, 2.75) is 32.8 Å². The van der Waals surface area contributed by atoms with Gasteiger partial charge in [-0.05, 0) is 27.2 Å². The number of hydrogen-bond donors (Lipinski definition) is 2. The Morgan fingerprint density at radius 1 is 1.36 bits per heavy atom. The maximum absolute atomic E-state index is 12.0. The molecule has 1 aromatic carbocycles. The highest BCUT2D eigenvalue weighted by atomic mass is 32.2. The third kappa shape index (κ3) is 7.56. The molecule has 0 spiro atoms. The Bertz CT molecular complexity index is 833. The summed E-state index contributed by atoms with van der Waals surface area (Å²) in [5.74, 6) is -0.311. The average Bonchev–Trinajstić information content (AvgIpc) is 2.51. The second-order valence-electron chi connectivity index (χ2n) is 6.99. The fourth-order valence-electron chi connectivity index (χ4n) is 2.29. The molecule has 0 radical (unpaired) electrons. The Balaban J connectivity index is 3.15. The summed E-state index contributed by atoms with van der Waals surface area (Å²) in [6.07, 6.45) is -0.735. The molecular weight excluding hydrogens is 394 g/mol. The summed E-state index contributed by atoms with van der Waals surface area (Å²) < 4.78 is 40.8. The number of nitrogens with zero attached hydrogens (tertiary/aromatic N) is 2. The number of nitro benzene ring substituents is 1. The second kappa shape index (κ2) is 9.06. The van der Waals surface area contributed by atoms with E-state index in [0.29, 0.717) is 0 Å². The van der Waals surface area contributed by atoms with E-state index in [0.717, 1.165) is 6.07 Å². The minimum atomic E-state index is -4.12. The first-order valence-corrected chi connectivity index (χ1v) is 9.87. The van der Waals surface area contributed by atoms with Crippen LogP contribution in [0, 0.1) is 10.1 Å². The standard InChI is InChI=1S/C16H25N3O8S/c1-16(2,3)27-15(20)17-11-9-13(19(21)22)12(10-14(11)26-5)18(4)7-6-8-28(23,24)25/h9-10H,6-8H2,1-5H3,(H,17,20)(H,23,24,25). The van der Waals surface area contributed by atoms with Crippen molar-refractivity contribution < 1.29 is 32.2 Å². The van der Waals surface area contributed by atoms with E-state index in [1.54, 1.807) is 20.8 Å². The van der Waals surface area contributed by atoms with E-state index in [1.165, 1.54) is 25.1 Å². The molecule has 0 aliphatic heterocycles. The molecule has 0 saturated carbocycles. The van der Waals surface area contributed by atoms with Gasteiger partial charge in [-0.2, -0.15) is 8.42 Å². The van der Waals surface area contributed by atoms with Crippen LogP contribution in [0.3, 0.4) is 0 Å². The molecule has 0 aromatic heterocycles. The van der Waals surface area contributed by atoms with Crippen LogP contribution in [0.15, 0.2) is 12.1 Å². The van der Waals surface area contributed by atoms with Gasteiger partial charge in [0.25, 0.3) is 15.8 Å². The van der Waals surface area contributed by atoms with Crippen LogP contribution in [-0.4, -0.2) is 56.0 Å². The van der Waals surface area contributed by atoms with Crippen molar-refractivity contribution in [1.82, 2.24) is 0 Å². The average molecular weight is 419 g/mol. The number of nitro groups is 1. The van der Waals surface area contributed by atoms with Crippen LogP contribution in [0.4, 0.5) is 21.9 Å². The maximum Gasteiger partial charge on any atom is 0.412 e. The molecule has 0 heterocycles. The largest absolute Gasteiger partial charge is 0.494 e. The Kier molecular flexibility index (Phi) is 7.58. The van der Waals surface area contributed by atoms with Crippen molar-refractivity contribution in [2.75, 3.05) is 36.7 Å². The Morgan fingerprint density at radius 2 is 1.96 bits per heavy atom. The zero-order valence-electron chi connectivity index (χ0n) is 16.4. The highest BCUT2D eigenvalue weighted by Crippen LogP contribution is 2.38. The number of nitrogens with one attached hydrogen (secondary N) is 1. The van der Waals surface area contributed by atoms with Crippen LogP contribution in [-0.2, 0) is 14.9 Å². The second-order valence-corrected chi connectivity index (χ2v) is 8.56. The fourth-order valence-corrected chi connectivity index (χ4v) is 2.79. The number of hydrogen-bond acceptors (Lipinski definition) is 8. The molecule has 12 heteroatoms. The minimum Gasteiger partial charge on any atom is -0.494 e. The van der Waals surface area contributed by atoms with Crippen molar-refractivity contribution in [3.8, 4) is 5.75 Å². The lowest BCUT2D eigenvalue weighted by atomic mass is 10.2. The first kappa shape index (κ1) is 23.4. The SMILES string of the molecule is COc1cc(N(C)CCCS(=O)(=O)O)c([N+](=O)[O-])cc1NC(=O)OC(C)(C)C. The fraction of sp³-hybridized carbons (Fsp3) is 0.562. The molecular formula is C16H25N3O8S. The van der Waals surface area contributed by atoms with E-state index >= 15 is 0 Å². The van der Waals surface area contributed by atoms with Crippen molar-refractivity contribution in [3.63, 3.8) is 0 Å². The van der Waals surface area contributed by atoms with Gasteiger partial charge in [-0.1, -0.05) is 0 Å². The minimum absolute atomic E-state index is 0.0542. The Hall–Kier alpha value is -2.60. The van der Waals surface area contributed by atoms with E-state index in [9.17, 15) is 23.3 Å². The summed E-state index contributed by atoms with van der Waals surface area (Å²) in [5.41, 5.74) is -0.858. The Morgan fingerprint density at radius 3 is 2.43 bits per heavy atom. The highest BCUT2D eigenvalue weighted by molar-refractivity contribution is 7.85. The number of ether oxygens (including phenoxy) is 2. The van der Waals surface area contributed by atoms with E-state index < -0.39 is 32.5 Å². The van der Waals surface area contributed by atoms with Gasteiger partial charge < -0.3 is 14.4 Å². The highest BCUT2D eigenvalue weighted by Gasteiger charge is 2.24. The predicted octanol–water partition coefficient (Wildman–Crippen LogP) is 2.66. The van der Waals surface area contributed by atoms with Gasteiger partial charge in [-0.25, -0.2) is 4.79 Å². The molecule has 0 aliphatic rings. The summed E-state index contributed by atoms with van der Waals surface area (Å²) >= 11 is 0. The summed E-state index contributed by atoms with van der Waals surface area (Å²) in [6.45, 7) is 5.16. The van der Waals surface area contributed by atoms with Crippen molar-refractivity contribution in [3.05, 3.63) is 22.2 Å². The topological polar surface area (TPSA) is 148 Å². The molecule has 0 atom stereocenters. The van der Waals surface area contributed by atoms with Crippen LogP contribution in [0.1, 0.15) is 27.2 Å². The van der Waals surface area contributed by atoms with Gasteiger partial charge in [-0.3, -0.25) is 20.0 Å². The molecule has 0 saturated heterocycles. The molecule has 2 N–H and O–H groups in total. The molecule has 158 valence electrons. The van der Waals surface area contributed by atoms with Gasteiger partial charge >= 0.3 is 6.09 Å². The molecule has 28 heavy (non-hydrogen) atoms. The zero-order chi connectivity index (χ0) is 21.7. The number of carbonyl (C=O) groups is 1. The molecule has 0 bridgehead atoms. The van der Waals surface area contributed by atoms with Crippen molar-refractivity contribution >= 4 is 33.3 Å². The van der Waals surface area contributed by atoms with Gasteiger partial charge in [0.1, 0.15) is 17.0 Å². The third-order valence-corrected chi connectivity index (χ3v) is 4.24. The van der Waals surface area contributed by atoms with Crippen molar-refractivity contribution in [1.29, 1.82) is 0 Å². The predicted molar refractivity (Wildman–Crippen MR) is 104 cm³/mol. The summed E-state index contributed by atoms with van der Waals surface area (Å²) in [7, 11) is -1.25. The number of carbonyl (C=O) groups excluding carboxylic acids is 1. The van der Waals surface area contributed by atoms with Crippen LogP contribution >= 0.6 is 0 Å². The van der Waals surface area contributed by atoms with E-state index in [4.69, 9.17) is 14.0 Å². The number of anilines is 2. The lowest BCUT2D eigenvalue weighted by Gasteiger charge is -2.22. The number of amides is 1. The van der Waals surface area contributed by atoms with Gasteiger partial charge in [-0.15, -0.1) is 0 Å². The van der Waals surface area contributed by atoms with Gasteiger partial charge in [0.2, 0.25) is 0 Å². The lowest BCUT2D eigenvalue weighted by molar-refractivity contribution is -0.384. The van der Waals surface area contributed by atoms with Crippen LogP contribution in [0.2, 0.25) is 0 Å². The van der Waals surface area contributed by atoms with Gasteiger partial charge in [0.05, 0.1) is 23.5 Å². The number of methoxy groups -OCH3 is 1. The normalized spacial score (nSPS) is 11.6. The molecule has 0 fully saturated rings. The zero-order valence-corrected chi connectivity index (χ0v) is 17.2. The first-order chi connectivity index (χ1) is 12.7. The van der Waals surface area contributed by atoms with Crippen LogP contribution in [0.5, 0.6) is 5.75 Å². The summed E-state index contributed by atoms with van der Waals surface area (Å²) in [5, 5.41) is 13.9. The number of rotatable bonds is 8. The van der Waals surface area contributed by atoms with Crippen LogP contribution < -0.4 is 15.0 Å². The maximum atomic E-state index is 12.0. The molecule has 11 nitrogen and oxygen atoms in total. The monoisotopic (exact) mass is 419 g/mol. The molecule has 0 unspecified atom stereocenters. The van der Waals surface area contributed by atoms with Gasteiger partial charge in [0.15, 0.2) is 0 Å². The van der Waals surface area contributed by atoms with E-state index in [1.807, 2.05) is 0 Å². The van der Waals surface area contributed by atoms with E-state index in [-0.39, 0.29) is 35.8 Å². The number of benzene rings is 1. The quantitative estimate of drug-likeness (QED) is 0.368. The molecule has 1 amide bonds. The van der Waals surface area contributed by atoms with Crippen molar-refractivity contribution in [2.24, 2.45) is 0 Å². The lowest BCUT2D eigenvalue weighted by Crippen LogP contribution is -2.27. The Labute approximate surface area is 163 Å². The molecule has 0 aliphatic carbocycles. The van der Waals surface area contributed by atoms with Crippen LogP contribution in [0.25, 0.3) is 0 Å². The smallest absolute Gasteiger partial charge is 0.412 e. The molecule has 1 rings (SSSR count). The molecule has 1 aromatic rings. The third-order valence-electron chi connectivity index (χ3n) is 3.44. The van der Waals surface area contributed by atoms with Gasteiger partial charge in [0, 0.05) is 25.7 Å². The first-order valence-electron chi connectivity index (χ1n) is 8.26. The summed E-state index contributed by atoms with van der Waals surface area (Å²) in [4.78, 5) is 24.3. The van der Waals surface area contributed by atoms with E-state index in [2.05, 4.69) is 5.32 Å². The summed E-state index contributed by atoms with van der Waals surface area (Å²) in [6, 6.07) is 2.50.